The number of nitrogens with one attached hydrogen (secondary N) is 1. The van der Waals surface area contributed by atoms with E-state index in [1.165, 1.54) is 18.2 Å². The summed E-state index contributed by atoms with van der Waals surface area (Å²) in [7, 11) is 0. The van der Waals surface area contributed by atoms with E-state index >= 15 is 0 Å². The Labute approximate surface area is 152 Å². The summed E-state index contributed by atoms with van der Waals surface area (Å²) in [4.78, 5) is 15.3. The summed E-state index contributed by atoms with van der Waals surface area (Å²) in [6.45, 7) is 0.275. The molecule has 1 fully saturated rings. The fraction of sp³-hybridized carbons (Fsp3) is 0.278. The van der Waals surface area contributed by atoms with Crippen molar-refractivity contribution in [2.75, 3.05) is 0 Å². The van der Waals surface area contributed by atoms with Gasteiger partial charge in [0, 0.05) is 17.8 Å². The van der Waals surface area contributed by atoms with Crippen LogP contribution in [0, 0.1) is 0 Å². The molecule has 1 aromatic carbocycles. The zero-order valence-corrected chi connectivity index (χ0v) is 14.0. The number of ether oxygens (including phenoxy) is 1. The number of pyridine rings is 1. The molecule has 1 aliphatic rings. The predicted molar refractivity (Wildman–Crippen MR) is 89.9 cm³/mol. The van der Waals surface area contributed by atoms with Crippen LogP contribution in [-0.2, 0) is 16.9 Å². The van der Waals surface area contributed by atoms with Gasteiger partial charge in [-0.25, -0.2) is 0 Å². The van der Waals surface area contributed by atoms with E-state index in [-0.39, 0.29) is 12.3 Å². The van der Waals surface area contributed by atoms with Crippen LogP contribution < -0.4 is 10.1 Å². The van der Waals surface area contributed by atoms with Gasteiger partial charge in [-0.1, -0.05) is 12.1 Å². The number of carbonyl (C=O) groups excluding carboxylic acids is 1. The molecule has 3 aromatic rings. The quantitative estimate of drug-likeness (QED) is 0.671. The van der Waals surface area contributed by atoms with Crippen molar-refractivity contribution in [1.29, 1.82) is 0 Å². The maximum atomic E-state index is 12.4. The summed E-state index contributed by atoms with van der Waals surface area (Å²) < 4.78 is 42.8. The molecule has 0 unspecified atom stereocenters. The number of fused-ring (bicyclic) bond motifs is 1. The van der Waals surface area contributed by atoms with Crippen LogP contribution in [0.5, 0.6) is 5.75 Å². The van der Waals surface area contributed by atoms with E-state index in [0.717, 1.165) is 23.9 Å². The Balaban J connectivity index is 1.62. The van der Waals surface area contributed by atoms with E-state index in [0.29, 0.717) is 17.5 Å². The van der Waals surface area contributed by atoms with Gasteiger partial charge >= 0.3 is 6.36 Å². The van der Waals surface area contributed by atoms with Crippen molar-refractivity contribution in [3.05, 3.63) is 54.0 Å². The van der Waals surface area contributed by atoms with E-state index < -0.39 is 11.9 Å². The lowest BCUT2D eigenvalue weighted by Crippen LogP contribution is -2.28. The van der Waals surface area contributed by atoms with Crippen LogP contribution in [-0.4, -0.2) is 27.5 Å². The van der Waals surface area contributed by atoms with Gasteiger partial charge in [-0.15, -0.1) is 13.2 Å². The molecule has 27 heavy (non-hydrogen) atoms. The first kappa shape index (κ1) is 17.3. The summed E-state index contributed by atoms with van der Waals surface area (Å²) in [6.07, 6.45) is 0.981. The van der Waals surface area contributed by atoms with Gasteiger partial charge < -0.3 is 10.1 Å². The van der Waals surface area contributed by atoms with Crippen molar-refractivity contribution in [3.63, 3.8) is 0 Å². The van der Waals surface area contributed by atoms with Crippen LogP contribution in [0.15, 0.2) is 42.7 Å². The maximum Gasteiger partial charge on any atom is 0.573 e. The predicted octanol–water partition coefficient (Wildman–Crippen LogP) is 3.11. The monoisotopic (exact) mass is 376 g/mol. The van der Waals surface area contributed by atoms with Crippen LogP contribution in [0.2, 0.25) is 0 Å². The molecule has 1 aliphatic carbocycles. The number of rotatable bonds is 6. The summed E-state index contributed by atoms with van der Waals surface area (Å²) in [5.74, 6) is -0.272. The molecule has 0 bridgehead atoms. The first-order chi connectivity index (χ1) is 12.9. The lowest BCUT2D eigenvalue weighted by molar-refractivity contribution is -0.274. The van der Waals surface area contributed by atoms with Gasteiger partial charge in [0.25, 0.3) is 0 Å². The molecule has 0 radical (unpaired) electrons. The highest BCUT2D eigenvalue weighted by Gasteiger charge is 2.46. The Morgan fingerprint density at radius 1 is 1.30 bits per heavy atom. The lowest BCUT2D eigenvalue weighted by atomic mass is 10.1. The molecule has 140 valence electrons. The fourth-order valence-electron chi connectivity index (χ4n) is 3.17. The summed E-state index contributed by atoms with van der Waals surface area (Å²) in [5.41, 5.74) is 1.63. The van der Waals surface area contributed by atoms with Gasteiger partial charge in [0.05, 0.1) is 23.3 Å². The average Bonchev–Trinajstić information content (AvgIpc) is 3.25. The SMILES string of the molecule is O=CNC1(c2nccc3nn(Cc4cccc(OC(F)(F)F)c4)cc23)CC1. The second-order valence-electron chi connectivity index (χ2n) is 6.46. The number of benzene rings is 1. The number of amides is 1. The van der Waals surface area contributed by atoms with Gasteiger partial charge in [0.15, 0.2) is 0 Å². The van der Waals surface area contributed by atoms with Gasteiger partial charge in [-0.05, 0) is 36.6 Å². The molecule has 0 spiro atoms. The molecule has 6 nitrogen and oxygen atoms in total. The molecule has 2 aromatic heterocycles. The first-order valence-corrected chi connectivity index (χ1v) is 8.27. The third kappa shape index (κ3) is 3.57. The average molecular weight is 376 g/mol. The molecule has 4 rings (SSSR count). The Bertz CT molecular complexity index is 996. The number of hydrogen-bond acceptors (Lipinski definition) is 4. The number of aromatic nitrogens is 3. The molecule has 1 N–H and O–H groups in total. The minimum atomic E-state index is -4.73. The molecular formula is C18H15F3N4O2. The Hall–Kier alpha value is -3.10. The van der Waals surface area contributed by atoms with Gasteiger partial charge in [-0.3, -0.25) is 14.5 Å². The number of alkyl halides is 3. The van der Waals surface area contributed by atoms with Crippen LogP contribution in [0.4, 0.5) is 13.2 Å². The van der Waals surface area contributed by atoms with Crippen molar-refractivity contribution in [1.82, 2.24) is 20.1 Å². The van der Waals surface area contributed by atoms with Crippen molar-refractivity contribution < 1.29 is 22.7 Å². The zero-order chi connectivity index (χ0) is 19.1. The molecule has 1 amide bonds. The Kier molecular flexibility index (Phi) is 4.01. The number of halogens is 3. The van der Waals surface area contributed by atoms with E-state index in [4.69, 9.17) is 0 Å². The molecule has 2 heterocycles. The molecule has 0 saturated heterocycles. The largest absolute Gasteiger partial charge is 0.573 e. The minimum Gasteiger partial charge on any atom is -0.406 e. The number of carbonyl (C=O) groups is 1. The molecule has 1 saturated carbocycles. The van der Waals surface area contributed by atoms with Crippen LogP contribution in [0.3, 0.4) is 0 Å². The third-order valence-corrected chi connectivity index (χ3v) is 4.50. The van der Waals surface area contributed by atoms with Gasteiger partial charge in [0.1, 0.15) is 5.75 Å². The van der Waals surface area contributed by atoms with Crippen molar-refractivity contribution in [2.24, 2.45) is 0 Å². The second kappa shape index (κ2) is 6.26. The van der Waals surface area contributed by atoms with E-state index in [1.807, 2.05) is 0 Å². The fourth-order valence-corrected chi connectivity index (χ4v) is 3.17. The van der Waals surface area contributed by atoms with Crippen LogP contribution >= 0.6 is 0 Å². The smallest absolute Gasteiger partial charge is 0.406 e. The Morgan fingerprint density at radius 2 is 2.11 bits per heavy atom. The normalized spacial score (nSPS) is 15.5. The highest BCUT2D eigenvalue weighted by molar-refractivity contribution is 5.82. The molecular weight excluding hydrogens is 361 g/mol. The molecule has 0 aliphatic heterocycles. The van der Waals surface area contributed by atoms with Crippen LogP contribution in [0.1, 0.15) is 24.1 Å². The van der Waals surface area contributed by atoms with Gasteiger partial charge in [-0.2, -0.15) is 5.10 Å². The van der Waals surface area contributed by atoms with E-state index in [1.54, 1.807) is 29.2 Å². The van der Waals surface area contributed by atoms with Crippen molar-refractivity contribution in [3.8, 4) is 5.75 Å². The standard InChI is InChI=1S/C18H15F3N4O2/c19-18(20,21)27-13-3-1-2-12(8-13)9-25-10-14-15(24-25)4-7-22-16(14)17(5-6-17)23-11-26/h1-4,7-8,10-11H,5-6,9H2,(H,23,26). The summed E-state index contributed by atoms with van der Waals surface area (Å²) >= 11 is 0. The Morgan fingerprint density at radius 3 is 2.81 bits per heavy atom. The number of hydrogen-bond donors (Lipinski definition) is 1. The molecule has 9 heteroatoms. The molecule has 0 atom stereocenters. The van der Waals surface area contributed by atoms with E-state index in [9.17, 15) is 18.0 Å². The maximum absolute atomic E-state index is 12.4. The van der Waals surface area contributed by atoms with E-state index in [2.05, 4.69) is 20.1 Å². The minimum absolute atomic E-state index is 0.272. The lowest BCUT2D eigenvalue weighted by Gasteiger charge is -2.13. The highest BCUT2D eigenvalue weighted by atomic mass is 19.4. The zero-order valence-electron chi connectivity index (χ0n) is 14.0. The summed E-state index contributed by atoms with van der Waals surface area (Å²) in [6, 6.07) is 7.54. The second-order valence-corrected chi connectivity index (χ2v) is 6.46. The first-order valence-electron chi connectivity index (χ1n) is 8.27. The number of nitrogens with zero attached hydrogens (tertiary/aromatic N) is 3. The summed E-state index contributed by atoms with van der Waals surface area (Å²) in [5, 5.41) is 8.11. The van der Waals surface area contributed by atoms with Crippen molar-refractivity contribution >= 4 is 17.3 Å². The topological polar surface area (TPSA) is 69.0 Å². The highest BCUT2D eigenvalue weighted by Crippen LogP contribution is 2.46. The van der Waals surface area contributed by atoms with Crippen molar-refractivity contribution in [2.45, 2.75) is 31.3 Å². The van der Waals surface area contributed by atoms with Crippen LogP contribution in [0.25, 0.3) is 10.9 Å². The van der Waals surface area contributed by atoms with Gasteiger partial charge in [0.2, 0.25) is 6.41 Å². The third-order valence-electron chi connectivity index (χ3n) is 4.50.